The zero-order chi connectivity index (χ0) is 15.5. The number of pyridine rings is 1. The lowest BCUT2D eigenvalue weighted by Crippen LogP contribution is -2.33. The van der Waals surface area contributed by atoms with Gasteiger partial charge in [-0.1, -0.05) is 0 Å². The summed E-state index contributed by atoms with van der Waals surface area (Å²) in [6, 6.07) is 6.06. The minimum Gasteiger partial charge on any atom is -0.363 e. The van der Waals surface area contributed by atoms with Crippen LogP contribution >= 0.6 is 0 Å². The molecule has 1 amide bonds. The summed E-state index contributed by atoms with van der Waals surface area (Å²) in [5.74, 6) is 1.04. The van der Waals surface area contributed by atoms with Crippen molar-refractivity contribution in [2.75, 3.05) is 25.5 Å². The van der Waals surface area contributed by atoms with Gasteiger partial charge in [-0.05, 0) is 36.6 Å². The molecule has 0 saturated carbocycles. The van der Waals surface area contributed by atoms with Crippen molar-refractivity contribution in [2.45, 2.75) is 25.4 Å². The Kier molecular flexibility index (Phi) is 4.09. The van der Waals surface area contributed by atoms with E-state index in [9.17, 15) is 4.79 Å². The molecule has 2 aromatic heterocycles. The first-order chi connectivity index (χ1) is 10.6. The second kappa shape index (κ2) is 6.17. The van der Waals surface area contributed by atoms with Gasteiger partial charge in [-0.3, -0.25) is 9.48 Å². The van der Waals surface area contributed by atoms with E-state index in [1.807, 2.05) is 48.4 Å². The number of carbonyl (C=O) groups is 1. The Morgan fingerprint density at radius 2 is 2.27 bits per heavy atom. The molecule has 1 aliphatic heterocycles. The summed E-state index contributed by atoms with van der Waals surface area (Å²) in [5.41, 5.74) is 1.16. The predicted octanol–water partition coefficient (Wildman–Crippen LogP) is 1.71. The van der Waals surface area contributed by atoms with Crippen LogP contribution in [0.25, 0.3) is 0 Å². The quantitative estimate of drug-likeness (QED) is 0.862. The first kappa shape index (κ1) is 14.6. The second-order valence-electron chi connectivity index (χ2n) is 5.79. The van der Waals surface area contributed by atoms with Gasteiger partial charge in [0, 0.05) is 39.2 Å². The van der Waals surface area contributed by atoms with Crippen LogP contribution in [-0.4, -0.2) is 46.2 Å². The van der Waals surface area contributed by atoms with Gasteiger partial charge in [0.15, 0.2) is 0 Å². The van der Waals surface area contributed by atoms with Crippen LogP contribution in [0.4, 0.5) is 5.82 Å². The molecule has 0 spiro atoms. The second-order valence-corrected chi connectivity index (χ2v) is 5.79. The Balaban J connectivity index is 1.78. The Labute approximate surface area is 130 Å². The zero-order valence-electron chi connectivity index (χ0n) is 13.0. The maximum Gasteiger partial charge on any atom is 0.244 e. The van der Waals surface area contributed by atoms with Crippen LogP contribution in [-0.2, 0) is 11.3 Å². The largest absolute Gasteiger partial charge is 0.363 e. The standard InChI is InChI=1S/C16H21N5O/c1-19(2)15-11-13(6-8-17-15)14-5-3-10-21(14)16(22)12-20-9-4-7-18-20/h4,6-9,11,14H,3,5,10,12H2,1-2H3. The summed E-state index contributed by atoms with van der Waals surface area (Å²) < 4.78 is 1.68. The lowest BCUT2D eigenvalue weighted by molar-refractivity contribution is -0.133. The molecule has 6 heteroatoms. The van der Waals surface area contributed by atoms with Crippen LogP contribution in [0.5, 0.6) is 0 Å². The number of amides is 1. The molecule has 1 aliphatic rings. The summed E-state index contributed by atoms with van der Waals surface area (Å²) in [6.07, 6.45) is 7.37. The maximum absolute atomic E-state index is 12.6. The van der Waals surface area contributed by atoms with Crippen molar-refractivity contribution in [3.63, 3.8) is 0 Å². The SMILES string of the molecule is CN(C)c1cc(C2CCCN2C(=O)Cn2cccn2)ccn1. The molecule has 1 saturated heterocycles. The number of hydrogen-bond acceptors (Lipinski definition) is 4. The fourth-order valence-corrected chi connectivity index (χ4v) is 2.92. The van der Waals surface area contributed by atoms with Crippen LogP contribution in [0.2, 0.25) is 0 Å². The van der Waals surface area contributed by atoms with E-state index in [0.29, 0.717) is 6.54 Å². The highest BCUT2D eigenvalue weighted by molar-refractivity contribution is 5.76. The van der Waals surface area contributed by atoms with Crippen molar-refractivity contribution in [3.05, 3.63) is 42.4 Å². The highest BCUT2D eigenvalue weighted by Gasteiger charge is 2.30. The monoisotopic (exact) mass is 299 g/mol. The van der Waals surface area contributed by atoms with E-state index in [4.69, 9.17) is 0 Å². The van der Waals surface area contributed by atoms with Crippen LogP contribution < -0.4 is 4.90 Å². The fourth-order valence-electron chi connectivity index (χ4n) is 2.92. The van der Waals surface area contributed by atoms with Crippen molar-refractivity contribution in [1.82, 2.24) is 19.7 Å². The number of carbonyl (C=O) groups excluding carboxylic acids is 1. The molecule has 0 N–H and O–H groups in total. The molecule has 1 fully saturated rings. The molecule has 2 aromatic rings. The number of likely N-dealkylation sites (tertiary alicyclic amines) is 1. The number of nitrogens with zero attached hydrogens (tertiary/aromatic N) is 5. The van der Waals surface area contributed by atoms with Gasteiger partial charge in [-0.2, -0.15) is 5.10 Å². The lowest BCUT2D eigenvalue weighted by Gasteiger charge is -2.26. The smallest absolute Gasteiger partial charge is 0.244 e. The first-order valence-corrected chi connectivity index (χ1v) is 7.55. The van der Waals surface area contributed by atoms with E-state index < -0.39 is 0 Å². The summed E-state index contributed by atoms with van der Waals surface area (Å²) >= 11 is 0. The summed E-state index contributed by atoms with van der Waals surface area (Å²) in [5, 5.41) is 4.12. The van der Waals surface area contributed by atoms with Gasteiger partial charge in [0.2, 0.25) is 5.91 Å². The summed E-state index contributed by atoms with van der Waals surface area (Å²) in [6.45, 7) is 1.11. The number of hydrogen-bond donors (Lipinski definition) is 0. The van der Waals surface area contributed by atoms with Gasteiger partial charge < -0.3 is 9.80 Å². The molecule has 1 atom stereocenters. The molecular weight excluding hydrogens is 278 g/mol. The summed E-state index contributed by atoms with van der Waals surface area (Å²) in [4.78, 5) is 20.9. The topological polar surface area (TPSA) is 54.3 Å². The van der Waals surface area contributed by atoms with Crippen LogP contribution in [0.3, 0.4) is 0 Å². The third-order valence-corrected chi connectivity index (χ3v) is 4.04. The Hall–Kier alpha value is -2.37. The van der Waals surface area contributed by atoms with Gasteiger partial charge in [0.1, 0.15) is 12.4 Å². The number of anilines is 1. The van der Waals surface area contributed by atoms with E-state index in [1.165, 1.54) is 0 Å². The van der Waals surface area contributed by atoms with Gasteiger partial charge in [0.05, 0.1) is 6.04 Å². The Bertz CT molecular complexity index is 638. The van der Waals surface area contributed by atoms with Gasteiger partial charge in [-0.15, -0.1) is 0 Å². The highest BCUT2D eigenvalue weighted by Crippen LogP contribution is 2.33. The molecule has 116 valence electrons. The molecular formula is C16H21N5O. The van der Waals surface area contributed by atoms with Crippen molar-refractivity contribution in [1.29, 1.82) is 0 Å². The third-order valence-electron chi connectivity index (χ3n) is 4.04. The molecule has 1 unspecified atom stereocenters. The van der Waals surface area contributed by atoms with Gasteiger partial charge >= 0.3 is 0 Å². The van der Waals surface area contributed by atoms with Crippen molar-refractivity contribution in [3.8, 4) is 0 Å². The fraction of sp³-hybridized carbons (Fsp3) is 0.438. The van der Waals surface area contributed by atoms with Crippen molar-refractivity contribution >= 4 is 11.7 Å². The average Bonchev–Trinajstić information content (AvgIpc) is 3.18. The molecule has 3 rings (SSSR count). The van der Waals surface area contributed by atoms with E-state index in [2.05, 4.69) is 16.1 Å². The molecule has 6 nitrogen and oxygen atoms in total. The number of rotatable bonds is 4. The molecule has 22 heavy (non-hydrogen) atoms. The van der Waals surface area contributed by atoms with E-state index in [0.717, 1.165) is 30.8 Å². The van der Waals surface area contributed by atoms with Crippen molar-refractivity contribution < 1.29 is 4.79 Å². The van der Waals surface area contributed by atoms with Gasteiger partial charge in [0.25, 0.3) is 0 Å². The summed E-state index contributed by atoms with van der Waals surface area (Å²) in [7, 11) is 3.95. The minimum absolute atomic E-state index is 0.120. The van der Waals surface area contributed by atoms with Crippen LogP contribution in [0.1, 0.15) is 24.4 Å². The molecule has 0 radical (unpaired) electrons. The highest BCUT2D eigenvalue weighted by atomic mass is 16.2. The van der Waals surface area contributed by atoms with Crippen molar-refractivity contribution in [2.24, 2.45) is 0 Å². The lowest BCUT2D eigenvalue weighted by atomic mass is 10.1. The van der Waals surface area contributed by atoms with Crippen LogP contribution in [0.15, 0.2) is 36.8 Å². The molecule has 3 heterocycles. The third kappa shape index (κ3) is 2.95. The Morgan fingerprint density at radius 1 is 1.41 bits per heavy atom. The maximum atomic E-state index is 12.6. The minimum atomic E-state index is 0.120. The van der Waals surface area contributed by atoms with Crippen LogP contribution in [0, 0.1) is 0 Å². The zero-order valence-corrected chi connectivity index (χ0v) is 13.0. The number of aromatic nitrogens is 3. The van der Waals surface area contributed by atoms with E-state index in [-0.39, 0.29) is 11.9 Å². The first-order valence-electron chi connectivity index (χ1n) is 7.55. The van der Waals surface area contributed by atoms with Gasteiger partial charge in [-0.25, -0.2) is 4.98 Å². The Morgan fingerprint density at radius 3 is 3.00 bits per heavy atom. The normalized spacial score (nSPS) is 17.7. The predicted molar refractivity (Wildman–Crippen MR) is 84.5 cm³/mol. The molecule has 0 aliphatic carbocycles. The average molecular weight is 299 g/mol. The van der Waals surface area contributed by atoms with E-state index >= 15 is 0 Å². The van der Waals surface area contributed by atoms with E-state index in [1.54, 1.807) is 10.9 Å². The molecule has 0 aromatic carbocycles. The molecule has 0 bridgehead atoms.